The fraction of sp³-hybridized carbons (Fsp3) is 0.429. The van der Waals surface area contributed by atoms with Crippen LogP contribution in [0.2, 0.25) is 0 Å². The monoisotopic (exact) mass is 311 g/mol. The van der Waals surface area contributed by atoms with Crippen molar-refractivity contribution in [2.75, 3.05) is 24.8 Å². The highest BCUT2D eigenvalue weighted by atomic mass is 32.2. The van der Waals surface area contributed by atoms with Crippen LogP contribution in [0.3, 0.4) is 0 Å². The zero-order valence-corrected chi connectivity index (χ0v) is 12.5. The van der Waals surface area contributed by atoms with Gasteiger partial charge in [0.1, 0.15) is 17.5 Å². The number of carbonyl (C=O) groups is 2. The van der Waals surface area contributed by atoms with Crippen LogP contribution in [0.1, 0.15) is 6.92 Å². The lowest BCUT2D eigenvalue weighted by Crippen LogP contribution is -2.43. The van der Waals surface area contributed by atoms with Crippen LogP contribution in [0.15, 0.2) is 24.3 Å². The normalized spacial score (nSPS) is 17.6. The fourth-order valence-corrected chi connectivity index (χ4v) is 3.09. The van der Waals surface area contributed by atoms with E-state index in [0.29, 0.717) is 24.0 Å². The third-order valence-electron chi connectivity index (χ3n) is 2.98. The largest absolute Gasteiger partial charge is 0.494 e. The molecule has 1 saturated heterocycles. The van der Waals surface area contributed by atoms with Crippen molar-refractivity contribution < 1.29 is 24.2 Å². The third kappa shape index (κ3) is 4.04. The van der Waals surface area contributed by atoms with E-state index < -0.39 is 12.0 Å². The van der Waals surface area contributed by atoms with E-state index in [4.69, 9.17) is 14.6 Å². The van der Waals surface area contributed by atoms with Crippen molar-refractivity contribution in [1.29, 1.82) is 0 Å². The van der Waals surface area contributed by atoms with Gasteiger partial charge >= 0.3 is 5.97 Å². The van der Waals surface area contributed by atoms with Gasteiger partial charge in [0.15, 0.2) is 6.61 Å². The number of nitrogens with zero attached hydrogens (tertiary/aromatic N) is 1. The lowest BCUT2D eigenvalue weighted by molar-refractivity contribution is -0.148. The second-order valence-corrected chi connectivity index (χ2v) is 5.41. The van der Waals surface area contributed by atoms with Crippen LogP contribution in [-0.4, -0.2) is 52.8 Å². The summed E-state index contributed by atoms with van der Waals surface area (Å²) in [4.78, 5) is 24.4. The molecule has 6 nitrogen and oxygen atoms in total. The highest BCUT2D eigenvalue weighted by molar-refractivity contribution is 7.99. The van der Waals surface area contributed by atoms with Crippen molar-refractivity contribution in [2.45, 2.75) is 13.0 Å². The predicted octanol–water partition coefficient (Wildman–Crippen LogP) is 1.45. The minimum Gasteiger partial charge on any atom is -0.494 e. The summed E-state index contributed by atoms with van der Waals surface area (Å²) < 4.78 is 10.7. The van der Waals surface area contributed by atoms with Gasteiger partial charge in [-0.15, -0.1) is 11.8 Å². The van der Waals surface area contributed by atoms with E-state index in [1.54, 1.807) is 24.3 Å². The summed E-state index contributed by atoms with van der Waals surface area (Å²) in [6.07, 6.45) is 0. The molecule has 1 fully saturated rings. The van der Waals surface area contributed by atoms with Crippen LogP contribution >= 0.6 is 11.8 Å². The Morgan fingerprint density at radius 1 is 1.29 bits per heavy atom. The van der Waals surface area contributed by atoms with E-state index in [1.165, 1.54) is 16.7 Å². The first kappa shape index (κ1) is 15.5. The Morgan fingerprint density at radius 2 is 1.90 bits per heavy atom. The van der Waals surface area contributed by atoms with Gasteiger partial charge in [0.25, 0.3) is 5.91 Å². The molecule has 1 aromatic carbocycles. The van der Waals surface area contributed by atoms with Crippen molar-refractivity contribution in [1.82, 2.24) is 4.90 Å². The molecule has 0 unspecified atom stereocenters. The fourth-order valence-electron chi connectivity index (χ4n) is 1.92. The minimum atomic E-state index is -0.977. The van der Waals surface area contributed by atoms with Crippen LogP contribution in [0.5, 0.6) is 11.5 Å². The molecule has 0 spiro atoms. The quantitative estimate of drug-likeness (QED) is 0.857. The molecule has 7 heteroatoms. The van der Waals surface area contributed by atoms with Gasteiger partial charge in [0.05, 0.1) is 12.5 Å². The molecular formula is C14H17NO5S. The lowest BCUT2D eigenvalue weighted by Gasteiger charge is -2.20. The van der Waals surface area contributed by atoms with Gasteiger partial charge in [-0.25, -0.2) is 4.79 Å². The number of hydrogen-bond donors (Lipinski definition) is 1. The molecule has 21 heavy (non-hydrogen) atoms. The Kier molecular flexibility index (Phi) is 5.32. The maximum Gasteiger partial charge on any atom is 0.327 e. The second kappa shape index (κ2) is 7.21. The topological polar surface area (TPSA) is 76.1 Å². The van der Waals surface area contributed by atoms with E-state index in [0.717, 1.165) is 5.75 Å². The first-order valence-corrected chi connectivity index (χ1v) is 7.73. The van der Waals surface area contributed by atoms with E-state index in [2.05, 4.69) is 0 Å². The van der Waals surface area contributed by atoms with Crippen molar-refractivity contribution >= 4 is 23.6 Å². The minimum absolute atomic E-state index is 0.168. The molecule has 0 aromatic heterocycles. The molecule has 0 aliphatic carbocycles. The van der Waals surface area contributed by atoms with Crippen molar-refractivity contribution in [2.24, 2.45) is 0 Å². The van der Waals surface area contributed by atoms with Gasteiger partial charge in [0.2, 0.25) is 0 Å². The van der Waals surface area contributed by atoms with Gasteiger partial charge < -0.3 is 19.5 Å². The molecule has 2 rings (SSSR count). The van der Waals surface area contributed by atoms with Crippen molar-refractivity contribution in [3.63, 3.8) is 0 Å². The number of carbonyl (C=O) groups excluding carboxylic acids is 1. The summed E-state index contributed by atoms with van der Waals surface area (Å²) in [5.41, 5.74) is 0. The van der Waals surface area contributed by atoms with Crippen molar-refractivity contribution in [3.8, 4) is 11.5 Å². The zero-order valence-electron chi connectivity index (χ0n) is 11.7. The highest BCUT2D eigenvalue weighted by Crippen LogP contribution is 2.22. The molecule has 1 amide bonds. The molecule has 0 radical (unpaired) electrons. The smallest absolute Gasteiger partial charge is 0.327 e. The molecule has 114 valence electrons. The summed E-state index contributed by atoms with van der Waals surface area (Å²) in [5.74, 6) is 0.798. The second-order valence-electron chi connectivity index (χ2n) is 4.41. The molecule has 1 aliphatic heterocycles. The van der Waals surface area contributed by atoms with Gasteiger partial charge in [-0.3, -0.25) is 4.79 Å². The summed E-state index contributed by atoms with van der Waals surface area (Å²) >= 11 is 1.43. The first-order valence-electron chi connectivity index (χ1n) is 6.57. The Bertz CT molecular complexity index is 505. The van der Waals surface area contributed by atoms with Crippen LogP contribution in [0.25, 0.3) is 0 Å². The molecule has 0 bridgehead atoms. The number of carboxylic acids is 1. The number of aliphatic carboxylic acids is 1. The van der Waals surface area contributed by atoms with Crippen molar-refractivity contribution in [3.05, 3.63) is 24.3 Å². The summed E-state index contributed by atoms with van der Waals surface area (Å²) in [7, 11) is 0. The molecule has 1 atom stereocenters. The predicted molar refractivity (Wildman–Crippen MR) is 78.7 cm³/mol. The van der Waals surface area contributed by atoms with Gasteiger partial charge in [-0.1, -0.05) is 0 Å². The molecule has 1 aromatic rings. The van der Waals surface area contributed by atoms with E-state index in [1.807, 2.05) is 6.92 Å². The summed E-state index contributed by atoms with van der Waals surface area (Å²) in [6, 6.07) is 6.19. The number of carboxylic acid groups (broad SMARTS) is 1. The van der Waals surface area contributed by atoms with Crippen LogP contribution < -0.4 is 9.47 Å². The summed E-state index contributed by atoms with van der Waals surface area (Å²) in [5, 5.41) is 9.04. The maximum atomic E-state index is 12.0. The highest BCUT2D eigenvalue weighted by Gasteiger charge is 2.34. The lowest BCUT2D eigenvalue weighted by atomic mass is 10.3. The Hall–Kier alpha value is -1.89. The SMILES string of the molecule is CCOc1ccc(OCC(=O)N2CSC[C@H]2C(=O)O)cc1. The molecular weight excluding hydrogens is 294 g/mol. The number of benzene rings is 1. The Morgan fingerprint density at radius 3 is 2.48 bits per heavy atom. The van der Waals surface area contributed by atoms with Crippen LogP contribution in [0.4, 0.5) is 0 Å². The molecule has 1 N–H and O–H groups in total. The average Bonchev–Trinajstić information content (AvgIpc) is 2.96. The van der Waals surface area contributed by atoms with Gasteiger partial charge in [-0.2, -0.15) is 0 Å². The third-order valence-corrected chi connectivity index (χ3v) is 4.00. The zero-order chi connectivity index (χ0) is 15.2. The van der Waals surface area contributed by atoms with Gasteiger partial charge in [0, 0.05) is 5.75 Å². The van der Waals surface area contributed by atoms with Crippen LogP contribution in [0, 0.1) is 0 Å². The number of thioether (sulfide) groups is 1. The number of rotatable bonds is 6. The number of ether oxygens (including phenoxy) is 2. The molecule has 1 aliphatic rings. The first-order chi connectivity index (χ1) is 10.1. The number of amides is 1. The Balaban J connectivity index is 1.87. The number of hydrogen-bond acceptors (Lipinski definition) is 5. The van der Waals surface area contributed by atoms with E-state index >= 15 is 0 Å². The standard InChI is InChI=1S/C14H17NO5S/c1-2-19-10-3-5-11(6-4-10)20-7-13(16)15-9-21-8-12(15)14(17)18/h3-6,12H,2,7-9H2,1H3,(H,17,18)/t12-/m0/s1. The summed E-state index contributed by atoms with van der Waals surface area (Å²) in [6.45, 7) is 2.32. The Labute approximate surface area is 127 Å². The van der Waals surface area contributed by atoms with Gasteiger partial charge in [-0.05, 0) is 31.2 Å². The van der Waals surface area contributed by atoms with E-state index in [-0.39, 0.29) is 12.5 Å². The van der Waals surface area contributed by atoms with Crippen LogP contribution in [-0.2, 0) is 9.59 Å². The molecule has 1 heterocycles. The maximum absolute atomic E-state index is 12.0. The molecule has 0 saturated carbocycles. The van der Waals surface area contributed by atoms with E-state index in [9.17, 15) is 9.59 Å². The average molecular weight is 311 g/mol.